The molecule has 14 heavy (non-hydrogen) atoms. The fraction of sp³-hybridized carbons (Fsp3) is 0.667. The van der Waals surface area contributed by atoms with E-state index in [1.807, 2.05) is 0 Å². The van der Waals surface area contributed by atoms with Gasteiger partial charge in [-0.3, -0.25) is 10.1 Å². The summed E-state index contributed by atoms with van der Waals surface area (Å²) in [7, 11) is 0. The molecule has 0 heterocycles. The molecule has 0 aromatic heterocycles. The van der Waals surface area contributed by atoms with Crippen LogP contribution in [0.2, 0.25) is 0 Å². The Balaban J connectivity index is 3.83. The quantitative estimate of drug-likeness (QED) is 0.685. The molecule has 0 radical (unpaired) electrons. The first-order chi connectivity index (χ1) is 6.22. The van der Waals surface area contributed by atoms with Crippen molar-refractivity contribution in [3.63, 3.8) is 0 Å². The number of ether oxygens (including phenoxy) is 1. The highest BCUT2D eigenvalue weighted by molar-refractivity contribution is 5.94. The van der Waals surface area contributed by atoms with Crippen LogP contribution in [0.15, 0.2) is 0 Å². The number of hydrogen-bond donors (Lipinski definition) is 2. The highest BCUT2D eigenvalue weighted by Gasteiger charge is 2.30. The Kier molecular flexibility index (Phi) is 4.35. The zero-order chi connectivity index (χ0) is 11.4. The van der Waals surface area contributed by atoms with Gasteiger partial charge in [0.15, 0.2) is 6.61 Å². The van der Waals surface area contributed by atoms with Crippen LogP contribution in [0.5, 0.6) is 0 Å². The van der Waals surface area contributed by atoms with E-state index in [1.165, 1.54) is 12.2 Å². The lowest BCUT2D eigenvalue weighted by Gasteiger charge is -2.09. The van der Waals surface area contributed by atoms with Gasteiger partial charge < -0.3 is 10.5 Å². The number of rotatable bonds is 2. The summed E-state index contributed by atoms with van der Waals surface area (Å²) in [5.74, 6) is -0.905. The van der Waals surface area contributed by atoms with Crippen molar-refractivity contribution in [2.24, 2.45) is 5.73 Å². The smallest absolute Gasteiger partial charge is 0.422 e. The van der Waals surface area contributed by atoms with Gasteiger partial charge in [0.25, 0.3) is 0 Å². The number of nitrogens with two attached hydrogens (primary N) is 1. The summed E-state index contributed by atoms with van der Waals surface area (Å²) in [6, 6.07) is -0.992. The number of hydrogen-bond acceptors (Lipinski definition) is 4. The second kappa shape index (κ2) is 4.80. The lowest BCUT2D eigenvalue weighted by atomic mass is 10.3. The van der Waals surface area contributed by atoms with E-state index in [9.17, 15) is 22.8 Å². The van der Waals surface area contributed by atoms with Crippen molar-refractivity contribution >= 4 is 12.0 Å². The molecule has 8 heteroatoms. The minimum absolute atomic E-state index is 0.905. The van der Waals surface area contributed by atoms with E-state index in [4.69, 9.17) is 5.73 Å². The maximum Gasteiger partial charge on any atom is 0.422 e. The Morgan fingerprint density at radius 3 is 2.36 bits per heavy atom. The molecule has 0 rings (SSSR count). The van der Waals surface area contributed by atoms with Crippen LogP contribution in [-0.4, -0.2) is 30.8 Å². The van der Waals surface area contributed by atoms with Crippen LogP contribution < -0.4 is 11.1 Å². The average molecular weight is 214 g/mol. The Bertz CT molecular complexity index is 227. The maximum absolute atomic E-state index is 11.5. The molecule has 2 amide bonds. The number of amides is 2. The number of carbonyl (C=O) groups is 2. The van der Waals surface area contributed by atoms with Gasteiger partial charge in [-0.1, -0.05) is 0 Å². The third-order valence-corrected chi connectivity index (χ3v) is 1.01. The van der Waals surface area contributed by atoms with Gasteiger partial charge in [-0.2, -0.15) is 13.2 Å². The molecule has 0 bridgehead atoms. The van der Waals surface area contributed by atoms with Crippen LogP contribution in [-0.2, 0) is 9.53 Å². The van der Waals surface area contributed by atoms with E-state index >= 15 is 0 Å². The molecule has 0 fully saturated rings. The zero-order valence-electron chi connectivity index (χ0n) is 7.22. The normalized spacial score (nSPS) is 13.2. The molecule has 0 aromatic rings. The minimum atomic E-state index is -4.62. The van der Waals surface area contributed by atoms with Crippen LogP contribution in [0.3, 0.4) is 0 Å². The summed E-state index contributed by atoms with van der Waals surface area (Å²) < 4.78 is 38.2. The summed E-state index contributed by atoms with van der Waals surface area (Å²) in [4.78, 5) is 21.2. The Labute approximate surface area is 77.4 Å². The number of imide groups is 1. The van der Waals surface area contributed by atoms with E-state index in [2.05, 4.69) is 4.74 Å². The average Bonchev–Trinajstić information content (AvgIpc) is 1.99. The molecule has 1 unspecified atom stereocenters. The van der Waals surface area contributed by atoms with E-state index in [0.717, 1.165) is 0 Å². The first-order valence-electron chi connectivity index (χ1n) is 3.52. The van der Waals surface area contributed by atoms with E-state index < -0.39 is 30.8 Å². The third kappa shape index (κ3) is 6.23. The number of alkyl halides is 3. The van der Waals surface area contributed by atoms with Crippen molar-refractivity contribution in [1.82, 2.24) is 5.32 Å². The van der Waals surface area contributed by atoms with Crippen molar-refractivity contribution in [2.45, 2.75) is 19.1 Å². The largest absolute Gasteiger partial charge is 0.440 e. The molecule has 0 aliphatic heterocycles. The highest BCUT2D eigenvalue weighted by atomic mass is 19.4. The standard InChI is InChI=1S/C6H9F3N2O3/c1-3(10)4(12)11-5(13)14-2-6(7,8)9/h3H,2,10H2,1H3,(H,11,12,13). The number of nitrogens with one attached hydrogen (secondary N) is 1. The monoisotopic (exact) mass is 214 g/mol. The van der Waals surface area contributed by atoms with Crippen LogP contribution in [0, 0.1) is 0 Å². The molecule has 3 N–H and O–H groups in total. The Morgan fingerprint density at radius 1 is 1.50 bits per heavy atom. The predicted octanol–water partition coefficient (Wildman–Crippen LogP) is 0.149. The first-order valence-corrected chi connectivity index (χ1v) is 3.52. The van der Waals surface area contributed by atoms with Gasteiger partial charge in [-0.25, -0.2) is 4.79 Å². The Morgan fingerprint density at radius 2 is 2.00 bits per heavy atom. The van der Waals surface area contributed by atoms with Gasteiger partial charge in [0.05, 0.1) is 6.04 Å². The lowest BCUT2D eigenvalue weighted by Crippen LogP contribution is -2.42. The van der Waals surface area contributed by atoms with Gasteiger partial charge in [-0.05, 0) is 6.92 Å². The van der Waals surface area contributed by atoms with Gasteiger partial charge in [-0.15, -0.1) is 0 Å². The SMILES string of the molecule is CC(N)C(=O)NC(=O)OCC(F)(F)F. The number of alkyl carbamates (subject to hydrolysis) is 1. The van der Waals surface area contributed by atoms with E-state index in [1.54, 1.807) is 0 Å². The minimum Gasteiger partial charge on any atom is -0.440 e. The fourth-order valence-corrected chi connectivity index (χ4v) is 0.398. The summed E-state index contributed by atoms with van der Waals surface area (Å²) >= 11 is 0. The number of carbonyl (C=O) groups excluding carboxylic acids is 2. The molecule has 5 nitrogen and oxygen atoms in total. The molecule has 0 saturated carbocycles. The maximum atomic E-state index is 11.5. The van der Waals surface area contributed by atoms with Crippen LogP contribution in [0.1, 0.15) is 6.92 Å². The Hall–Kier alpha value is -1.31. The van der Waals surface area contributed by atoms with Crippen molar-refractivity contribution in [2.75, 3.05) is 6.61 Å². The summed E-state index contributed by atoms with van der Waals surface area (Å²) in [6.07, 6.45) is -6.08. The van der Waals surface area contributed by atoms with Crippen molar-refractivity contribution in [3.05, 3.63) is 0 Å². The van der Waals surface area contributed by atoms with Crippen molar-refractivity contribution < 1.29 is 27.5 Å². The zero-order valence-corrected chi connectivity index (χ0v) is 7.22. The fourth-order valence-electron chi connectivity index (χ4n) is 0.398. The molecule has 82 valence electrons. The van der Waals surface area contributed by atoms with Crippen LogP contribution in [0.25, 0.3) is 0 Å². The van der Waals surface area contributed by atoms with Gasteiger partial charge in [0.2, 0.25) is 5.91 Å². The van der Waals surface area contributed by atoms with Gasteiger partial charge in [0, 0.05) is 0 Å². The van der Waals surface area contributed by atoms with Gasteiger partial charge >= 0.3 is 12.3 Å². The molecule has 0 spiro atoms. The predicted molar refractivity (Wildman–Crippen MR) is 39.2 cm³/mol. The second-order valence-corrected chi connectivity index (χ2v) is 2.47. The molecule has 0 saturated heterocycles. The molecule has 0 aliphatic carbocycles. The molecule has 0 aromatic carbocycles. The molecular formula is C6H9F3N2O3. The van der Waals surface area contributed by atoms with Crippen molar-refractivity contribution in [1.29, 1.82) is 0 Å². The summed E-state index contributed by atoms with van der Waals surface area (Å²) in [5, 5.41) is 1.53. The third-order valence-electron chi connectivity index (χ3n) is 1.01. The van der Waals surface area contributed by atoms with Crippen molar-refractivity contribution in [3.8, 4) is 0 Å². The van der Waals surface area contributed by atoms with Crippen LogP contribution in [0.4, 0.5) is 18.0 Å². The summed E-state index contributed by atoms with van der Waals surface area (Å²) in [5.41, 5.74) is 5.02. The topological polar surface area (TPSA) is 81.4 Å². The number of halogens is 3. The second-order valence-electron chi connectivity index (χ2n) is 2.47. The molecule has 0 aliphatic rings. The van der Waals surface area contributed by atoms with E-state index in [-0.39, 0.29) is 0 Å². The van der Waals surface area contributed by atoms with Crippen LogP contribution >= 0.6 is 0 Å². The highest BCUT2D eigenvalue weighted by Crippen LogP contribution is 2.14. The first kappa shape index (κ1) is 12.7. The molecular weight excluding hydrogens is 205 g/mol. The molecule has 1 atom stereocenters. The van der Waals surface area contributed by atoms with Gasteiger partial charge in [0.1, 0.15) is 0 Å². The lowest BCUT2D eigenvalue weighted by molar-refractivity contribution is -0.160. The summed E-state index contributed by atoms with van der Waals surface area (Å²) in [6.45, 7) is -0.475. The van der Waals surface area contributed by atoms with E-state index in [0.29, 0.717) is 0 Å².